The Hall–Kier alpha value is -2.51. The van der Waals surface area contributed by atoms with Gasteiger partial charge in [0.25, 0.3) is 6.33 Å². The van der Waals surface area contributed by atoms with Crippen molar-refractivity contribution in [2.75, 3.05) is 7.11 Å². The van der Waals surface area contributed by atoms with Crippen molar-refractivity contribution in [3.05, 3.63) is 76.3 Å². The molecule has 3 rings (SSSR count). The molecule has 1 heterocycles. The van der Waals surface area contributed by atoms with Crippen LogP contribution in [0.25, 0.3) is 11.8 Å². The van der Waals surface area contributed by atoms with E-state index in [1.807, 2.05) is 7.05 Å². The third-order valence-electron chi connectivity index (χ3n) is 4.22. The highest BCUT2D eigenvalue weighted by molar-refractivity contribution is 6.37. The number of aryl methyl sites for hydroxylation is 1. The summed E-state index contributed by atoms with van der Waals surface area (Å²) < 4.78 is 49.4. The first-order valence-electron chi connectivity index (χ1n) is 8.47. The third kappa shape index (κ3) is 4.92. The molecule has 2 aromatic carbocycles. The van der Waals surface area contributed by atoms with E-state index in [0.29, 0.717) is 5.56 Å². The summed E-state index contributed by atoms with van der Waals surface area (Å²) in [6, 6.07) is 9.42. The number of alkyl halides is 3. The van der Waals surface area contributed by atoms with Gasteiger partial charge >= 0.3 is 6.18 Å². The number of benzene rings is 2. The third-order valence-corrected chi connectivity index (χ3v) is 4.79. The van der Waals surface area contributed by atoms with E-state index in [2.05, 4.69) is 5.10 Å². The molecule has 0 aliphatic rings. The van der Waals surface area contributed by atoms with Crippen molar-refractivity contribution in [3.63, 3.8) is 0 Å². The minimum absolute atomic E-state index is 0.0226. The van der Waals surface area contributed by atoms with Crippen LogP contribution in [0.5, 0.6) is 5.75 Å². The molecule has 0 radical (unpaired) electrons. The number of rotatable bonds is 5. The molecular weight excluding hydrogens is 426 g/mol. The van der Waals surface area contributed by atoms with Crippen molar-refractivity contribution in [3.8, 4) is 11.4 Å². The topological polar surface area (TPSA) is 30.9 Å². The molecule has 4 nitrogen and oxygen atoms in total. The maximum absolute atomic E-state index is 13.7. The van der Waals surface area contributed by atoms with Gasteiger partial charge in [0.1, 0.15) is 5.69 Å². The lowest BCUT2D eigenvalue weighted by Crippen LogP contribution is -2.23. The molecule has 0 aliphatic heterocycles. The molecule has 29 heavy (non-hydrogen) atoms. The number of halogens is 5. The maximum Gasteiger partial charge on any atom is 0.399 e. The van der Waals surface area contributed by atoms with Crippen molar-refractivity contribution in [2.45, 2.75) is 12.1 Å². The lowest BCUT2D eigenvalue weighted by Gasteiger charge is -2.19. The molecule has 0 bridgehead atoms. The number of ether oxygens (including phenoxy) is 1. The van der Waals surface area contributed by atoms with E-state index in [0.717, 1.165) is 11.8 Å². The average Bonchev–Trinajstić information content (AvgIpc) is 3.07. The summed E-state index contributed by atoms with van der Waals surface area (Å²) in [4.78, 5) is 0. The predicted octanol–water partition coefficient (Wildman–Crippen LogP) is 5.37. The van der Waals surface area contributed by atoms with Gasteiger partial charge in [0, 0.05) is 5.10 Å². The largest absolute Gasteiger partial charge is 0.494 e. The van der Waals surface area contributed by atoms with Crippen LogP contribution in [0, 0.1) is 0 Å². The van der Waals surface area contributed by atoms with Crippen molar-refractivity contribution < 1.29 is 22.5 Å². The molecule has 0 amide bonds. The first-order chi connectivity index (χ1) is 13.7. The zero-order valence-electron chi connectivity index (χ0n) is 15.5. The molecule has 3 aromatic rings. The van der Waals surface area contributed by atoms with Gasteiger partial charge in [-0.1, -0.05) is 52.2 Å². The Morgan fingerprint density at radius 1 is 1.14 bits per heavy atom. The van der Waals surface area contributed by atoms with E-state index in [1.165, 1.54) is 25.3 Å². The Morgan fingerprint density at radius 3 is 2.24 bits per heavy atom. The SMILES string of the molecule is COc1c(Cl)cc(C(C=Cc2ccc(-n3c[n+](C)cn3)cc2)C(F)(F)F)cc1Cl. The second-order valence-corrected chi connectivity index (χ2v) is 7.16. The van der Waals surface area contributed by atoms with Gasteiger partial charge in [0.2, 0.25) is 6.33 Å². The summed E-state index contributed by atoms with van der Waals surface area (Å²) in [7, 11) is 3.19. The summed E-state index contributed by atoms with van der Waals surface area (Å²) in [5.41, 5.74) is 1.35. The Bertz CT molecular complexity index is 1010. The summed E-state index contributed by atoms with van der Waals surface area (Å²) in [5.74, 6) is -1.72. The number of hydrogen-bond donors (Lipinski definition) is 0. The van der Waals surface area contributed by atoms with Gasteiger partial charge in [0.05, 0.1) is 30.1 Å². The van der Waals surface area contributed by atoms with Gasteiger partial charge in [0.15, 0.2) is 5.75 Å². The Morgan fingerprint density at radius 2 is 1.76 bits per heavy atom. The molecule has 0 saturated heterocycles. The van der Waals surface area contributed by atoms with Crippen LogP contribution in [-0.4, -0.2) is 23.1 Å². The van der Waals surface area contributed by atoms with Crippen molar-refractivity contribution >= 4 is 29.3 Å². The van der Waals surface area contributed by atoms with Crippen LogP contribution in [0.15, 0.2) is 55.1 Å². The number of hydrogen-bond acceptors (Lipinski definition) is 2. The first kappa shape index (κ1) is 21.2. The van der Waals surface area contributed by atoms with Gasteiger partial charge in [-0.3, -0.25) is 0 Å². The quantitative estimate of drug-likeness (QED) is 0.497. The van der Waals surface area contributed by atoms with Crippen LogP contribution in [-0.2, 0) is 7.05 Å². The highest BCUT2D eigenvalue weighted by Gasteiger charge is 2.39. The van der Waals surface area contributed by atoms with Gasteiger partial charge < -0.3 is 4.74 Å². The minimum atomic E-state index is -4.51. The zero-order chi connectivity index (χ0) is 21.2. The maximum atomic E-state index is 13.7. The van der Waals surface area contributed by atoms with Gasteiger partial charge in [-0.25, -0.2) is 4.57 Å². The van der Waals surface area contributed by atoms with Gasteiger partial charge in [-0.05, 0) is 35.4 Å². The smallest absolute Gasteiger partial charge is 0.399 e. The summed E-state index contributed by atoms with van der Waals surface area (Å²) in [5, 5.41) is 4.22. The van der Waals surface area contributed by atoms with Crippen molar-refractivity contribution in [1.82, 2.24) is 9.78 Å². The molecular formula is C20H17Cl2F3N3O+. The van der Waals surface area contributed by atoms with Crippen molar-refractivity contribution in [1.29, 1.82) is 0 Å². The Labute approximate surface area is 175 Å². The standard InChI is InChI=1S/C20H17Cl2F3N3O/c1-27-11-26-28(12-27)15-6-3-13(4-7-15)5-8-16(20(23,24)25)14-9-17(21)19(29-2)18(22)10-14/h3-12,16H,1-2H3/q+1. The monoisotopic (exact) mass is 442 g/mol. The van der Waals surface area contributed by atoms with E-state index in [9.17, 15) is 13.2 Å². The number of methoxy groups -OCH3 is 1. The molecule has 9 heteroatoms. The highest BCUT2D eigenvalue weighted by atomic mass is 35.5. The fourth-order valence-electron chi connectivity index (χ4n) is 2.81. The highest BCUT2D eigenvalue weighted by Crippen LogP contribution is 2.42. The molecule has 0 fully saturated rings. The molecule has 152 valence electrons. The van der Waals surface area contributed by atoms with Crippen LogP contribution in [0.4, 0.5) is 13.2 Å². The van der Waals surface area contributed by atoms with E-state index in [-0.39, 0.29) is 21.4 Å². The Balaban J connectivity index is 1.89. The van der Waals surface area contributed by atoms with Crippen LogP contribution in [0.1, 0.15) is 17.0 Å². The van der Waals surface area contributed by atoms with E-state index < -0.39 is 12.1 Å². The molecule has 0 aliphatic carbocycles. The van der Waals surface area contributed by atoms with Crippen LogP contribution in [0.3, 0.4) is 0 Å². The normalized spacial score (nSPS) is 13.1. The lowest BCUT2D eigenvalue weighted by atomic mass is 9.97. The molecule has 1 aromatic heterocycles. The van der Waals surface area contributed by atoms with E-state index in [4.69, 9.17) is 27.9 Å². The van der Waals surface area contributed by atoms with Crippen LogP contribution in [0.2, 0.25) is 10.0 Å². The number of allylic oxidation sites excluding steroid dienone is 1. The van der Waals surface area contributed by atoms with E-state index >= 15 is 0 Å². The fraction of sp³-hybridized carbons (Fsp3) is 0.200. The lowest BCUT2D eigenvalue weighted by molar-refractivity contribution is -0.672. The first-order valence-corrected chi connectivity index (χ1v) is 9.23. The summed E-state index contributed by atoms with van der Waals surface area (Å²) in [6.45, 7) is 0. The molecule has 1 unspecified atom stereocenters. The van der Waals surface area contributed by atoms with Crippen LogP contribution >= 0.6 is 23.2 Å². The number of aromatic nitrogens is 3. The van der Waals surface area contributed by atoms with Gasteiger partial charge in [-0.15, -0.1) is 0 Å². The minimum Gasteiger partial charge on any atom is -0.494 e. The predicted molar refractivity (Wildman–Crippen MR) is 106 cm³/mol. The zero-order valence-corrected chi connectivity index (χ0v) is 17.0. The summed E-state index contributed by atoms with van der Waals surface area (Å²) in [6.07, 6.45) is 1.41. The number of nitrogens with zero attached hydrogens (tertiary/aromatic N) is 3. The summed E-state index contributed by atoms with van der Waals surface area (Å²) >= 11 is 12.0. The Kier molecular flexibility index (Phi) is 6.19. The average molecular weight is 443 g/mol. The second kappa shape index (κ2) is 8.47. The fourth-order valence-corrected chi connectivity index (χ4v) is 3.47. The second-order valence-electron chi connectivity index (χ2n) is 6.34. The van der Waals surface area contributed by atoms with E-state index in [1.54, 1.807) is 46.2 Å². The molecule has 0 spiro atoms. The molecule has 0 N–H and O–H groups in total. The van der Waals surface area contributed by atoms with Crippen molar-refractivity contribution in [2.24, 2.45) is 7.05 Å². The van der Waals surface area contributed by atoms with Crippen LogP contribution < -0.4 is 9.30 Å². The molecule has 1 atom stereocenters. The molecule has 0 saturated carbocycles. The van der Waals surface area contributed by atoms with Gasteiger partial charge in [-0.2, -0.15) is 13.2 Å².